The maximum absolute atomic E-state index is 5.87. The highest BCUT2D eigenvalue weighted by Gasteiger charge is 2.40. The summed E-state index contributed by atoms with van der Waals surface area (Å²) in [5.41, 5.74) is 5.87. The maximum atomic E-state index is 5.87. The molecule has 0 aromatic carbocycles. The van der Waals surface area contributed by atoms with Crippen LogP contribution in [0.4, 0.5) is 0 Å². The summed E-state index contributed by atoms with van der Waals surface area (Å²) in [4.78, 5) is 4.59. The van der Waals surface area contributed by atoms with Crippen LogP contribution >= 0.6 is 0 Å². The molecule has 0 bridgehead atoms. The third kappa shape index (κ3) is 2.08. The summed E-state index contributed by atoms with van der Waals surface area (Å²) in [6, 6.07) is 0.338. The highest BCUT2D eigenvalue weighted by Crippen LogP contribution is 2.39. The lowest BCUT2D eigenvalue weighted by molar-refractivity contribution is 0.0875. The van der Waals surface area contributed by atoms with Crippen LogP contribution in [0, 0.1) is 11.8 Å². The molecule has 1 heterocycles. The number of aliphatic imine (C=N–C) groups is 1. The van der Waals surface area contributed by atoms with Gasteiger partial charge in [-0.3, -0.25) is 4.99 Å². The predicted molar refractivity (Wildman–Crippen MR) is 57.3 cm³/mol. The third-order valence-electron chi connectivity index (χ3n) is 3.10. The van der Waals surface area contributed by atoms with Gasteiger partial charge in [0, 0.05) is 12.5 Å². The summed E-state index contributed by atoms with van der Waals surface area (Å²) in [7, 11) is 0. The minimum absolute atomic E-state index is 0.338. The van der Waals surface area contributed by atoms with E-state index in [4.69, 9.17) is 10.5 Å². The molecule has 0 radical (unpaired) electrons. The first kappa shape index (κ1) is 9.97. The molecule has 1 aliphatic heterocycles. The largest absolute Gasteiger partial charge is 0.387 e. The summed E-state index contributed by atoms with van der Waals surface area (Å²) >= 11 is 0. The Labute approximate surface area is 85.7 Å². The first-order valence-corrected chi connectivity index (χ1v) is 5.63. The molecule has 0 amide bonds. The fraction of sp³-hybridized carbons (Fsp3) is 0.909. The van der Waals surface area contributed by atoms with Gasteiger partial charge in [0.2, 0.25) is 0 Å². The van der Waals surface area contributed by atoms with E-state index < -0.39 is 0 Å². The number of hydrogen-bond donors (Lipinski definition) is 1. The molecule has 1 saturated heterocycles. The molecule has 80 valence electrons. The second kappa shape index (κ2) is 3.89. The normalized spacial score (nSPS) is 34.1. The van der Waals surface area contributed by atoms with Crippen LogP contribution in [0.15, 0.2) is 4.99 Å². The minimum atomic E-state index is 0.338. The number of nitrogens with two attached hydrogens (primary N) is 1. The fourth-order valence-electron chi connectivity index (χ4n) is 1.95. The molecular weight excluding hydrogens is 176 g/mol. The molecular formula is C11H20N2O. The molecule has 1 saturated carbocycles. The Hall–Kier alpha value is -0.570. The third-order valence-corrected chi connectivity index (χ3v) is 3.10. The van der Waals surface area contributed by atoms with Crippen LogP contribution in [0.2, 0.25) is 0 Å². The van der Waals surface area contributed by atoms with Crippen LogP contribution in [-0.4, -0.2) is 24.6 Å². The minimum Gasteiger partial charge on any atom is -0.387 e. The van der Waals surface area contributed by atoms with Crippen molar-refractivity contribution in [1.82, 2.24) is 0 Å². The quantitative estimate of drug-likeness (QED) is 0.550. The van der Waals surface area contributed by atoms with Crippen molar-refractivity contribution in [3.8, 4) is 0 Å². The Morgan fingerprint density at radius 1 is 1.36 bits per heavy atom. The van der Waals surface area contributed by atoms with Gasteiger partial charge in [0.15, 0.2) is 0 Å². The molecule has 0 aromatic heterocycles. The van der Waals surface area contributed by atoms with Gasteiger partial charge in [-0.1, -0.05) is 13.8 Å². The van der Waals surface area contributed by atoms with Gasteiger partial charge >= 0.3 is 0 Å². The van der Waals surface area contributed by atoms with E-state index in [1.807, 2.05) is 0 Å². The number of rotatable bonds is 3. The molecule has 0 aromatic rings. The lowest BCUT2D eigenvalue weighted by atomic mass is 10.1. The predicted octanol–water partition coefficient (Wildman–Crippen LogP) is 1.57. The zero-order chi connectivity index (χ0) is 10.1. The maximum Gasteiger partial charge on any atom is 0.0967 e. The highest BCUT2D eigenvalue weighted by atomic mass is 16.5. The van der Waals surface area contributed by atoms with Crippen molar-refractivity contribution in [2.24, 2.45) is 22.6 Å². The van der Waals surface area contributed by atoms with Gasteiger partial charge in [-0.05, 0) is 25.2 Å². The summed E-state index contributed by atoms with van der Waals surface area (Å²) in [6.07, 6.45) is 4.05. The molecule has 3 heteroatoms. The number of hydrogen-bond acceptors (Lipinski definition) is 2. The van der Waals surface area contributed by atoms with E-state index in [2.05, 4.69) is 18.8 Å². The Bertz CT molecular complexity index is 233. The van der Waals surface area contributed by atoms with Crippen molar-refractivity contribution < 1.29 is 4.74 Å². The van der Waals surface area contributed by atoms with Crippen LogP contribution in [0.25, 0.3) is 0 Å². The first-order chi connectivity index (χ1) is 6.68. The zero-order valence-electron chi connectivity index (χ0n) is 9.07. The summed E-state index contributed by atoms with van der Waals surface area (Å²) in [5, 5.41) is 0. The van der Waals surface area contributed by atoms with E-state index in [0.717, 1.165) is 24.8 Å². The lowest BCUT2D eigenvalue weighted by Gasteiger charge is -2.15. The molecule has 2 N–H and O–H groups in total. The molecule has 0 spiro atoms. The van der Waals surface area contributed by atoms with E-state index in [-0.39, 0.29) is 0 Å². The van der Waals surface area contributed by atoms with Crippen molar-refractivity contribution in [3.63, 3.8) is 0 Å². The van der Waals surface area contributed by atoms with Crippen LogP contribution in [0.5, 0.6) is 0 Å². The molecule has 14 heavy (non-hydrogen) atoms. The smallest absolute Gasteiger partial charge is 0.0967 e. The Morgan fingerprint density at radius 3 is 2.64 bits per heavy atom. The Kier molecular flexibility index (Phi) is 2.77. The fourth-order valence-corrected chi connectivity index (χ4v) is 1.95. The summed E-state index contributed by atoms with van der Waals surface area (Å²) in [6.45, 7) is 5.03. The summed E-state index contributed by atoms with van der Waals surface area (Å²) < 4.78 is 5.71. The van der Waals surface area contributed by atoms with Gasteiger partial charge < -0.3 is 10.5 Å². The SMILES string of the molecule is CC(C)C(N)=NC1CCOC1C1CC1. The van der Waals surface area contributed by atoms with Crippen molar-refractivity contribution in [1.29, 1.82) is 0 Å². The van der Waals surface area contributed by atoms with Crippen LogP contribution in [-0.2, 0) is 4.74 Å². The zero-order valence-corrected chi connectivity index (χ0v) is 9.07. The standard InChI is InChI=1S/C11H20N2O/c1-7(2)11(12)13-9-5-6-14-10(9)8-3-4-8/h7-10H,3-6H2,1-2H3,(H2,12,13). The molecule has 2 rings (SSSR count). The van der Waals surface area contributed by atoms with E-state index >= 15 is 0 Å². The highest BCUT2D eigenvalue weighted by molar-refractivity contribution is 5.82. The van der Waals surface area contributed by atoms with Crippen LogP contribution < -0.4 is 5.73 Å². The van der Waals surface area contributed by atoms with Crippen molar-refractivity contribution >= 4 is 5.84 Å². The van der Waals surface area contributed by atoms with Gasteiger partial charge in [0.05, 0.1) is 18.0 Å². The van der Waals surface area contributed by atoms with E-state index in [1.165, 1.54) is 12.8 Å². The van der Waals surface area contributed by atoms with Gasteiger partial charge in [-0.2, -0.15) is 0 Å². The monoisotopic (exact) mass is 196 g/mol. The van der Waals surface area contributed by atoms with Crippen LogP contribution in [0.3, 0.4) is 0 Å². The molecule has 2 atom stereocenters. The van der Waals surface area contributed by atoms with Gasteiger partial charge in [0.1, 0.15) is 0 Å². The van der Waals surface area contributed by atoms with Gasteiger partial charge in [0.25, 0.3) is 0 Å². The molecule has 2 fully saturated rings. The number of amidine groups is 1. The second-order valence-corrected chi connectivity index (χ2v) is 4.74. The second-order valence-electron chi connectivity index (χ2n) is 4.74. The van der Waals surface area contributed by atoms with Crippen molar-refractivity contribution in [2.75, 3.05) is 6.61 Å². The molecule has 3 nitrogen and oxygen atoms in total. The Morgan fingerprint density at radius 2 is 2.07 bits per heavy atom. The molecule has 1 aliphatic carbocycles. The van der Waals surface area contributed by atoms with Gasteiger partial charge in [-0.25, -0.2) is 0 Å². The number of nitrogens with zero attached hydrogens (tertiary/aromatic N) is 1. The van der Waals surface area contributed by atoms with Crippen LogP contribution in [0.1, 0.15) is 33.1 Å². The number of ether oxygens (including phenoxy) is 1. The molecule has 2 unspecified atom stereocenters. The lowest BCUT2D eigenvalue weighted by Crippen LogP contribution is -2.27. The topological polar surface area (TPSA) is 47.6 Å². The van der Waals surface area contributed by atoms with Gasteiger partial charge in [-0.15, -0.1) is 0 Å². The average Bonchev–Trinajstić information content (AvgIpc) is 2.88. The van der Waals surface area contributed by atoms with Crippen molar-refractivity contribution in [2.45, 2.75) is 45.3 Å². The first-order valence-electron chi connectivity index (χ1n) is 5.63. The van der Waals surface area contributed by atoms with E-state index in [9.17, 15) is 0 Å². The Balaban J connectivity index is 1.98. The van der Waals surface area contributed by atoms with E-state index in [0.29, 0.717) is 18.1 Å². The summed E-state index contributed by atoms with van der Waals surface area (Å²) in [5.74, 6) is 1.91. The van der Waals surface area contributed by atoms with Crippen molar-refractivity contribution in [3.05, 3.63) is 0 Å². The average molecular weight is 196 g/mol. The molecule has 2 aliphatic rings. The van der Waals surface area contributed by atoms with E-state index in [1.54, 1.807) is 0 Å².